The Hall–Kier alpha value is -1.11. The maximum absolute atomic E-state index is 12.5. The number of nitrogens with zero attached hydrogens (tertiary/aromatic N) is 1. The third kappa shape index (κ3) is 4.25. The average molecular weight is 359 g/mol. The second kappa shape index (κ2) is 7.20. The van der Waals surface area contributed by atoms with Gasteiger partial charge in [-0.05, 0) is 36.5 Å². The van der Waals surface area contributed by atoms with Crippen LogP contribution in [0.5, 0.6) is 0 Å². The molecule has 7 heteroatoms. The first-order chi connectivity index (χ1) is 10.7. The Morgan fingerprint density at radius 1 is 1.43 bits per heavy atom. The van der Waals surface area contributed by atoms with E-state index in [0.29, 0.717) is 24.5 Å². The standard InChI is InChI=1S/C16H23ClN2O3S/c1-11(2)10-19-15(7-8-23(19,21)22)16(20)18-9-13-12(3)5-4-6-14(13)17/h4-6,11,15H,7-10H2,1-3H3,(H,18,20). The molecule has 128 valence electrons. The summed E-state index contributed by atoms with van der Waals surface area (Å²) in [7, 11) is -3.33. The van der Waals surface area contributed by atoms with Crippen LogP contribution in [0.25, 0.3) is 0 Å². The summed E-state index contributed by atoms with van der Waals surface area (Å²) in [6.45, 7) is 6.48. The molecule has 1 aliphatic rings. The molecular weight excluding hydrogens is 336 g/mol. The summed E-state index contributed by atoms with van der Waals surface area (Å²) >= 11 is 6.16. The number of rotatable bonds is 5. The molecular formula is C16H23ClN2O3S. The van der Waals surface area contributed by atoms with Crippen LogP contribution < -0.4 is 5.32 Å². The van der Waals surface area contributed by atoms with Crippen molar-refractivity contribution in [2.75, 3.05) is 12.3 Å². The van der Waals surface area contributed by atoms with Crippen LogP contribution in [0, 0.1) is 12.8 Å². The molecule has 0 aliphatic carbocycles. The van der Waals surface area contributed by atoms with Gasteiger partial charge in [-0.1, -0.05) is 37.6 Å². The third-order valence-electron chi connectivity index (χ3n) is 3.99. The fourth-order valence-electron chi connectivity index (χ4n) is 2.76. The molecule has 1 amide bonds. The van der Waals surface area contributed by atoms with E-state index in [4.69, 9.17) is 11.6 Å². The second-order valence-corrected chi connectivity index (χ2v) is 8.79. The van der Waals surface area contributed by atoms with Gasteiger partial charge in [-0.2, -0.15) is 4.31 Å². The molecule has 0 spiro atoms. The van der Waals surface area contributed by atoms with Crippen LogP contribution >= 0.6 is 11.6 Å². The van der Waals surface area contributed by atoms with Gasteiger partial charge in [0.25, 0.3) is 0 Å². The summed E-state index contributed by atoms with van der Waals surface area (Å²) in [5, 5.41) is 3.43. The average Bonchev–Trinajstić information content (AvgIpc) is 2.73. The minimum absolute atomic E-state index is 0.0307. The van der Waals surface area contributed by atoms with E-state index in [2.05, 4.69) is 5.32 Å². The zero-order valence-corrected chi connectivity index (χ0v) is 15.2. The van der Waals surface area contributed by atoms with Crippen molar-refractivity contribution in [2.24, 2.45) is 5.92 Å². The van der Waals surface area contributed by atoms with Crippen LogP contribution in [0.3, 0.4) is 0 Å². The van der Waals surface area contributed by atoms with Crippen LogP contribution in [-0.2, 0) is 21.4 Å². The second-order valence-electron chi connectivity index (χ2n) is 6.34. The van der Waals surface area contributed by atoms with E-state index in [0.717, 1.165) is 11.1 Å². The Morgan fingerprint density at radius 2 is 2.13 bits per heavy atom. The molecule has 1 saturated heterocycles. The first-order valence-corrected chi connectivity index (χ1v) is 9.72. The van der Waals surface area contributed by atoms with Gasteiger partial charge in [-0.15, -0.1) is 0 Å². The molecule has 0 saturated carbocycles. The molecule has 1 unspecified atom stereocenters. The highest BCUT2D eigenvalue weighted by molar-refractivity contribution is 7.89. The smallest absolute Gasteiger partial charge is 0.238 e. The number of carbonyl (C=O) groups is 1. The molecule has 1 atom stereocenters. The summed E-state index contributed by atoms with van der Waals surface area (Å²) in [4.78, 5) is 12.5. The highest BCUT2D eigenvalue weighted by Gasteiger charge is 2.41. The monoisotopic (exact) mass is 358 g/mol. The molecule has 23 heavy (non-hydrogen) atoms. The van der Waals surface area contributed by atoms with E-state index in [1.54, 1.807) is 6.07 Å². The third-order valence-corrected chi connectivity index (χ3v) is 6.22. The number of hydrogen-bond acceptors (Lipinski definition) is 3. The number of benzene rings is 1. The van der Waals surface area contributed by atoms with Crippen LogP contribution in [0.2, 0.25) is 5.02 Å². The lowest BCUT2D eigenvalue weighted by molar-refractivity contribution is -0.124. The molecule has 0 bridgehead atoms. The normalized spacial score (nSPS) is 20.8. The van der Waals surface area contributed by atoms with E-state index in [9.17, 15) is 13.2 Å². The predicted molar refractivity (Wildman–Crippen MR) is 91.8 cm³/mol. The highest BCUT2D eigenvalue weighted by Crippen LogP contribution is 2.24. The van der Waals surface area contributed by atoms with Gasteiger partial charge in [0, 0.05) is 18.1 Å². The minimum Gasteiger partial charge on any atom is -0.351 e. The van der Waals surface area contributed by atoms with E-state index >= 15 is 0 Å². The van der Waals surface area contributed by atoms with Crippen LogP contribution in [0.4, 0.5) is 0 Å². The summed E-state index contributed by atoms with van der Waals surface area (Å²) < 4.78 is 25.6. The van der Waals surface area contributed by atoms with Gasteiger partial charge in [-0.25, -0.2) is 8.42 Å². The molecule has 1 heterocycles. The van der Waals surface area contributed by atoms with Crippen LogP contribution in [0.1, 0.15) is 31.4 Å². The summed E-state index contributed by atoms with van der Waals surface area (Å²) in [6, 6.07) is 4.95. The Kier molecular flexibility index (Phi) is 5.70. The van der Waals surface area contributed by atoms with Crippen LogP contribution in [-0.4, -0.2) is 37.0 Å². The van der Waals surface area contributed by atoms with Gasteiger partial charge in [0.15, 0.2) is 0 Å². The molecule has 0 radical (unpaired) electrons. The van der Waals surface area contributed by atoms with Crippen molar-refractivity contribution >= 4 is 27.5 Å². The molecule has 1 aromatic carbocycles. The maximum Gasteiger partial charge on any atom is 0.238 e. The topological polar surface area (TPSA) is 66.5 Å². The summed E-state index contributed by atoms with van der Waals surface area (Å²) in [6.07, 6.45) is 0.336. The van der Waals surface area contributed by atoms with E-state index < -0.39 is 16.1 Å². The van der Waals surface area contributed by atoms with Crippen molar-refractivity contribution < 1.29 is 13.2 Å². The van der Waals surface area contributed by atoms with E-state index in [1.807, 2.05) is 32.9 Å². The molecule has 1 N–H and O–H groups in total. The summed E-state index contributed by atoms with van der Waals surface area (Å²) in [5.41, 5.74) is 1.86. The minimum atomic E-state index is -3.33. The zero-order valence-electron chi connectivity index (χ0n) is 13.7. The van der Waals surface area contributed by atoms with Gasteiger partial charge < -0.3 is 5.32 Å². The van der Waals surface area contributed by atoms with E-state index in [1.165, 1.54) is 4.31 Å². The first kappa shape index (κ1) is 18.2. The predicted octanol–water partition coefficient (Wildman–Crippen LogP) is 2.32. The molecule has 1 aromatic rings. The van der Waals surface area contributed by atoms with E-state index in [-0.39, 0.29) is 17.6 Å². The Balaban J connectivity index is 2.08. The number of aryl methyl sites for hydroxylation is 1. The van der Waals surface area contributed by atoms with Crippen molar-refractivity contribution in [2.45, 2.75) is 39.8 Å². The Labute approximate surface area is 143 Å². The number of nitrogens with one attached hydrogen (secondary N) is 1. The van der Waals surface area contributed by atoms with Gasteiger partial charge in [0.05, 0.1) is 5.75 Å². The zero-order chi connectivity index (χ0) is 17.2. The first-order valence-electron chi connectivity index (χ1n) is 7.73. The Bertz CT molecular complexity index is 668. The molecule has 1 fully saturated rings. The fraction of sp³-hybridized carbons (Fsp3) is 0.562. The SMILES string of the molecule is Cc1cccc(Cl)c1CNC(=O)C1CCS(=O)(=O)N1CC(C)C. The number of sulfonamides is 1. The van der Waals surface area contributed by atoms with Crippen molar-refractivity contribution in [1.29, 1.82) is 0 Å². The molecule has 2 rings (SSSR count). The van der Waals surface area contributed by atoms with Crippen molar-refractivity contribution in [1.82, 2.24) is 9.62 Å². The maximum atomic E-state index is 12.5. The van der Waals surface area contributed by atoms with Crippen LogP contribution in [0.15, 0.2) is 18.2 Å². The molecule has 0 aromatic heterocycles. The highest BCUT2D eigenvalue weighted by atomic mass is 35.5. The van der Waals surface area contributed by atoms with Gasteiger partial charge >= 0.3 is 0 Å². The van der Waals surface area contributed by atoms with Crippen molar-refractivity contribution in [3.05, 3.63) is 34.3 Å². The quantitative estimate of drug-likeness (QED) is 0.878. The number of hydrogen-bond donors (Lipinski definition) is 1. The van der Waals surface area contributed by atoms with Gasteiger partial charge in [0.1, 0.15) is 6.04 Å². The number of amides is 1. The fourth-order valence-corrected chi connectivity index (χ4v) is 4.92. The summed E-state index contributed by atoms with van der Waals surface area (Å²) in [5.74, 6) is -0.0573. The molecule has 5 nitrogen and oxygen atoms in total. The lowest BCUT2D eigenvalue weighted by Gasteiger charge is -2.24. The number of carbonyl (C=O) groups excluding carboxylic acids is 1. The Morgan fingerprint density at radius 3 is 2.74 bits per heavy atom. The lowest BCUT2D eigenvalue weighted by atomic mass is 10.1. The molecule has 1 aliphatic heterocycles. The van der Waals surface area contributed by atoms with Gasteiger partial charge in [0.2, 0.25) is 15.9 Å². The van der Waals surface area contributed by atoms with Crippen molar-refractivity contribution in [3.8, 4) is 0 Å². The van der Waals surface area contributed by atoms with Crippen molar-refractivity contribution in [3.63, 3.8) is 0 Å². The largest absolute Gasteiger partial charge is 0.351 e. The lowest BCUT2D eigenvalue weighted by Crippen LogP contribution is -2.45. The number of halogens is 1. The van der Waals surface area contributed by atoms with Gasteiger partial charge in [-0.3, -0.25) is 4.79 Å².